The third-order valence-electron chi connectivity index (χ3n) is 0.687. The van der Waals surface area contributed by atoms with E-state index in [4.69, 9.17) is 11.6 Å². The average Bonchev–Trinajstić information content (AvgIpc) is 1.66. The third-order valence-corrected chi connectivity index (χ3v) is 1.65. The normalized spacial score (nSPS) is 12.1. The number of rotatable bonds is 3. The summed E-state index contributed by atoms with van der Waals surface area (Å²) in [5.41, 5.74) is 0. The molecule has 0 fully saturated rings. The van der Waals surface area contributed by atoms with E-state index in [0.29, 0.717) is 0 Å². The van der Waals surface area contributed by atoms with E-state index in [-0.39, 0.29) is 0 Å². The van der Waals surface area contributed by atoms with Gasteiger partial charge in [-0.15, -0.1) is 0 Å². The van der Waals surface area contributed by atoms with Gasteiger partial charge in [-0.3, -0.25) is 0 Å². The minimum Gasteiger partial charge on any atom is -0.158 e. The van der Waals surface area contributed by atoms with Crippen molar-refractivity contribution in [2.75, 3.05) is 11.5 Å². The summed E-state index contributed by atoms with van der Waals surface area (Å²) in [4.78, 5) is 0. The molecular formula is C6H11ClS. The zero-order chi connectivity index (χ0) is 6.41. The molecule has 0 radical (unpaired) electrons. The van der Waals surface area contributed by atoms with Gasteiger partial charge in [0.05, 0.1) is 0 Å². The van der Waals surface area contributed by atoms with Gasteiger partial charge in [-0.25, -0.2) is 0 Å². The van der Waals surface area contributed by atoms with Crippen molar-refractivity contribution in [3.05, 3.63) is 11.1 Å². The molecule has 0 atom stereocenters. The summed E-state index contributed by atoms with van der Waals surface area (Å²) in [7, 11) is 0. The van der Waals surface area contributed by atoms with Crippen LogP contribution in [0.2, 0.25) is 0 Å². The Labute approximate surface area is 60.3 Å². The third kappa shape index (κ3) is 6.38. The second-order valence-corrected chi connectivity index (χ2v) is 3.37. The SMILES string of the molecule is CCSC/C=C(/C)Cl. The standard InChI is InChI=1S/C6H11ClS/c1-3-8-5-4-6(2)7/h4H,3,5H2,1-2H3/b6-4-. The molecule has 0 aromatic carbocycles. The summed E-state index contributed by atoms with van der Waals surface area (Å²) in [6, 6.07) is 0. The molecule has 0 aliphatic rings. The van der Waals surface area contributed by atoms with Crippen molar-refractivity contribution in [1.82, 2.24) is 0 Å². The highest BCUT2D eigenvalue weighted by atomic mass is 35.5. The van der Waals surface area contributed by atoms with Crippen LogP contribution in [0.4, 0.5) is 0 Å². The van der Waals surface area contributed by atoms with Gasteiger partial charge in [0.25, 0.3) is 0 Å². The van der Waals surface area contributed by atoms with Crippen LogP contribution in [-0.2, 0) is 0 Å². The lowest BCUT2D eigenvalue weighted by Gasteiger charge is -1.88. The molecule has 0 aromatic heterocycles. The number of thioether (sulfide) groups is 1. The van der Waals surface area contributed by atoms with Crippen LogP contribution < -0.4 is 0 Å². The Morgan fingerprint density at radius 2 is 2.38 bits per heavy atom. The van der Waals surface area contributed by atoms with Gasteiger partial charge >= 0.3 is 0 Å². The van der Waals surface area contributed by atoms with Crippen LogP contribution >= 0.6 is 23.4 Å². The largest absolute Gasteiger partial charge is 0.158 e. The van der Waals surface area contributed by atoms with Crippen molar-refractivity contribution in [2.45, 2.75) is 13.8 Å². The first-order valence-electron chi connectivity index (χ1n) is 2.67. The number of hydrogen-bond donors (Lipinski definition) is 0. The fourth-order valence-electron chi connectivity index (χ4n) is 0.292. The molecule has 48 valence electrons. The zero-order valence-electron chi connectivity index (χ0n) is 5.28. The minimum absolute atomic E-state index is 0.894. The van der Waals surface area contributed by atoms with Gasteiger partial charge in [0.15, 0.2) is 0 Å². The Morgan fingerprint density at radius 3 is 2.75 bits per heavy atom. The molecular weight excluding hydrogens is 140 g/mol. The second-order valence-electron chi connectivity index (χ2n) is 1.45. The maximum atomic E-state index is 5.56. The summed E-state index contributed by atoms with van der Waals surface area (Å²) in [6.45, 7) is 4.04. The smallest absolute Gasteiger partial charge is 0.0127 e. The number of hydrogen-bond acceptors (Lipinski definition) is 1. The van der Waals surface area contributed by atoms with Crippen LogP contribution in [0.5, 0.6) is 0 Å². The lowest BCUT2D eigenvalue weighted by molar-refractivity contribution is 1.51. The van der Waals surface area contributed by atoms with Crippen molar-refractivity contribution in [2.24, 2.45) is 0 Å². The highest BCUT2D eigenvalue weighted by Gasteiger charge is 1.79. The van der Waals surface area contributed by atoms with Gasteiger partial charge in [-0.05, 0) is 12.7 Å². The van der Waals surface area contributed by atoms with E-state index < -0.39 is 0 Å². The van der Waals surface area contributed by atoms with E-state index in [1.54, 1.807) is 0 Å². The molecule has 0 spiro atoms. The predicted molar refractivity (Wildman–Crippen MR) is 42.6 cm³/mol. The topological polar surface area (TPSA) is 0 Å². The molecule has 2 heteroatoms. The van der Waals surface area contributed by atoms with Crippen molar-refractivity contribution in [3.8, 4) is 0 Å². The molecule has 0 rings (SSSR count). The van der Waals surface area contributed by atoms with Crippen molar-refractivity contribution in [3.63, 3.8) is 0 Å². The van der Waals surface area contributed by atoms with E-state index in [0.717, 1.165) is 10.8 Å². The summed E-state index contributed by atoms with van der Waals surface area (Å²) in [6.07, 6.45) is 2.02. The van der Waals surface area contributed by atoms with Crippen LogP contribution in [0, 0.1) is 0 Å². The van der Waals surface area contributed by atoms with Gasteiger partial charge in [0.2, 0.25) is 0 Å². The van der Waals surface area contributed by atoms with Gasteiger partial charge in [-0.1, -0.05) is 24.6 Å². The van der Waals surface area contributed by atoms with E-state index in [1.165, 1.54) is 5.75 Å². The number of halogens is 1. The molecule has 0 amide bonds. The Balaban J connectivity index is 3.03. The van der Waals surface area contributed by atoms with Gasteiger partial charge in [0, 0.05) is 10.8 Å². The van der Waals surface area contributed by atoms with Crippen LogP contribution in [0.1, 0.15) is 13.8 Å². The first-order chi connectivity index (χ1) is 3.77. The molecule has 0 aliphatic heterocycles. The Kier molecular flexibility index (Phi) is 5.78. The molecule has 0 unspecified atom stereocenters. The van der Waals surface area contributed by atoms with E-state index in [9.17, 15) is 0 Å². The molecule has 0 bridgehead atoms. The summed E-state index contributed by atoms with van der Waals surface area (Å²) < 4.78 is 0. The van der Waals surface area contributed by atoms with Crippen LogP contribution in [0.25, 0.3) is 0 Å². The molecule has 0 heterocycles. The summed E-state index contributed by atoms with van der Waals surface area (Å²) in [5.74, 6) is 2.21. The maximum absolute atomic E-state index is 5.56. The van der Waals surface area contributed by atoms with Crippen molar-refractivity contribution in [1.29, 1.82) is 0 Å². The van der Waals surface area contributed by atoms with Crippen molar-refractivity contribution < 1.29 is 0 Å². The molecule has 0 N–H and O–H groups in total. The van der Waals surface area contributed by atoms with Gasteiger partial charge < -0.3 is 0 Å². The molecule has 0 nitrogen and oxygen atoms in total. The fraction of sp³-hybridized carbons (Fsp3) is 0.667. The zero-order valence-corrected chi connectivity index (χ0v) is 6.85. The highest BCUT2D eigenvalue weighted by molar-refractivity contribution is 7.99. The summed E-state index contributed by atoms with van der Waals surface area (Å²) in [5, 5.41) is 0.894. The second kappa shape index (κ2) is 5.52. The first-order valence-corrected chi connectivity index (χ1v) is 4.20. The predicted octanol–water partition coefficient (Wildman–Crippen LogP) is 2.88. The maximum Gasteiger partial charge on any atom is 0.0127 e. The minimum atomic E-state index is 0.894. The lowest BCUT2D eigenvalue weighted by Crippen LogP contribution is -1.71. The Bertz CT molecular complexity index is 74.6. The molecule has 0 aromatic rings. The van der Waals surface area contributed by atoms with Gasteiger partial charge in [-0.2, -0.15) is 11.8 Å². The average molecular weight is 151 g/mol. The van der Waals surface area contributed by atoms with Crippen LogP contribution in [0.15, 0.2) is 11.1 Å². The number of allylic oxidation sites excluding steroid dienone is 1. The van der Waals surface area contributed by atoms with Crippen molar-refractivity contribution >= 4 is 23.4 Å². The van der Waals surface area contributed by atoms with E-state index in [2.05, 4.69) is 6.92 Å². The molecule has 0 saturated heterocycles. The first kappa shape index (κ1) is 8.38. The lowest BCUT2D eigenvalue weighted by atomic mass is 10.6. The molecule has 0 aliphatic carbocycles. The molecule has 0 saturated carbocycles. The van der Waals surface area contributed by atoms with Crippen LogP contribution in [0.3, 0.4) is 0 Å². The Morgan fingerprint density at radius 1 is 1.75 bits per heavy atom. The quantitative estimate of drug-likeness (QED) is 0.558. The molecule has 8 heavy (non-hydrogen) atoms. The summed E-state index contributed by atoms with van der Waals surface area (Å²) >= 11 is 7.44. The van der Waals surface area contributed by atoms with Crippen LogP contribution in [-0.4, -0.2) is 11.5 Å². The van der Waals surface area contributed by atoms with E-state index in [1.807, 2.05) is 24.8 Å². The monoisotopic (exact) mass is 150 g/mol. The fourth-order valence-corrected chi connectivity index (χ4v) is 1.06. The highest BCUT2D eigenvalue weighted by Crippen LogP contribution is 2.03. The van der Waals surface area contributed by atoms with Gasteiger partial charge in [0.1, 0.15) is 0 Å². The van der Waals surface area contributed by atoms with E-state index >= 15 is 0 Å². The Hall–Kier alpha value is 0.380.